The Morgan fingerprint density at radius 3 is 2.19 bits per heavy atom. The van der Waals surface area contributed by atoms with E-state index in [1.54, 1.807) is 12.1 Å². The summed E-state index contributed by atoms with van der Waals surface area (Å²) in [6.45, 7) is 13.5. The number of carbonyl (C=O) groups is 1. The van der Waals surface area contributed by atoms with Crippen LogP contribution in [-0.4, -0.2) is 16.1 Å². The summed E-state index contributed by atoms with van der Waals surface area (Å²) in [5, 5.41) is 9.04. The van der Waals surface area contributed by atoms with Gasteiger partial charge in [-0.05, 0) is 83.6 Å². The molecule has 27 heavy (non-hydrogen) atoms. The molecule has 1 aromatic carbocycles. The summed E-state index contributed by atoms with van der Waals surface area (Å²) < 4.78 is 0. The van der Waals surface area contributed by atoms with Crippen LogP contribution in [0.25, 0.3) is 11.6 Å². The normalized spacial score (nSPS) is 18.1. The Labute approximate surface area is 162 Å². The van der Waals surface area contributed by atoms with Crippen LogP contribution in [0.4, 0.5) is 0 Å². The van der Waals surface area contributed by atoms with Crippen molar-refractivity contribution in [3.05, 3.63) is 64.0 Å². The van der Waals surface area contributed by atoms with E-state index in [1.807, 2.05) is 6.92 Å². The third-order valence-electron chi connectivity index (χ3n) is 6.03. The molecular weight excluding hydrogens is 334 g/mol. The molecular formula is C24H29NO2. The van der Waals surface area contributed by atoms with Crippen molar-refractivity contribution in [3.8, 4) is 0 Å². The van der Waals surface area contributed by atoms with E-state index in [0.717, 1.165) is 11.3 Å². The Kier molecular flexibility index (Phi) is 4.75. The average Bonchev–Trinajstić information content (AvgIpc) is 2.60. The van der Waals surface area contributed by atoms with Crippen molar-refractivity contribution < 1.29 is 9.90 Å². The molecule has 0 unspecified atom stereocenters. The fourth-order valence-corrected chi connectivity index (χ4v) is 3.96. The number of carboxylic acids is 1. The Morgan fingerprint density at radius 1 is 1.07 bits per heavy atom. The molecule has 3 heteroatoms. The number of rotatable bonds is 3. The van der Waals surface area contributed by atoms with E-state index in [2.05, 4.69) is 57.8 Å². The van der Waals surface area contributed by atoms with Crippen LogP contribution in [0.2, 0.25) is 0 Å². The summed E-state index contributed by atoms with van der Waals surface area (Å²) in [7, 11) is 0. The zero-order valence-corrected chi connectivity index (χ0v) is 17.2. The highest BCUT2D eigenvalue weighted by Crippen LogP contribution is 2.46. The first-order valence-corrected chi connectivity index (χ1v) is 9.55. The highest BCUT2D eigenvalue weighted by molar-refractivity contribution is 5.88. The van der Waals surface area contributed by atoms with Crippen LogP contribution in [0.1, 0.15) is 85.8 Å². The first-order valence-electron chi connectivity index (χ1n) is 9.55. The van der Waals surface area contributed by atoms with Gasteiger partial charge < -0.3 is 5.11 Å². The molecule has 3 rings (SSSR count). The molecule has 0 bridgehead atoms. The lowest BCUT2D eigenvalue weighted by atomic mass is 9.62. The standard InChI is InChI=1S/C24H29NO2/c1-15-12-19-20(24(5,6)10-9-23(19,3)4)13-18(15)11-16(2)21-8-7-17(14-25-21)22(26)27/h7-8,11-14H,9-10H2,1-6H3,(H,26,27)/b16-11+. The van der Waals surface area contributed by atoms with Gasteiger partial charge in [0.25, 0.3) is 0 Å². The minimum atomic E-state index is -0.953. The van der Waals surface area contributed by atoms with Crippen molar-refractivity contribution in [2.24, 2.45) is 0 Å². The largest absolute Gasteiger partial charge is 0.478 e. The second-order valence-corrected chi connectivity index (χ2v) is 9.09. The van der Waals surface area contributed by atoms with Crippen molar-refractivity contribution in [2.75, 3.05) is 0 Å². The van der Waals surface area contributed by atoms with E-state index >= 15 is 0 Å². The Bertz CT molecular complexity index is 918. The topological polar surface area (TPSA) is 50.2 Å². The van der Waals surface area contributed by atoms with Gasteiger partial charge >= 0.3 is 5.97 Å². The van der Waals surface area contributed by atoms with E-state index in [1.165, 1.54) is 41.3 Å². The minimum Gasteiger partial charge on any atom is -0.478 e. The van der Waals surface area contributed by atoms with E-state index in [-0.39, 0.29) is 16.4 Å². The Hall–Kier alpha value is -2.42. The maximum Gasteiger partial charge on any atom is 0.337 e. The number of allylic oxidation sites excluding steroid dienone is 1. The zero-order valence-electron chi connectivity index (χ0n) is 17.2. The Balaban J connectivity index is 2.05. The number of aromatic carboxylic acids is 1. The summed E-state index contributed by atoms with van der Waals surface area (Å²) in [5.41, 5.74) is 7.81. The quantitative estimate of drug-likeness (QED) is 0.728. The fourth-order valence-electron chi connectivity index (χ4n) is 3.96. The number of pyridine rings is 1. The van der Waals surface area contributed by atoms with Crippen LogP contribution >= 0.6 is 0 Å². The minimum absolute atomic E-state index is 0.177. The summed E-state index contributed by atoms with van der Waals surface area (Å²) in [6, 6.07) is 8.08. The van der Waals surface area contributed by atoms with Gasteiger partial charge in [-0.3, -0.25) is 4.98 Å². The molecule has 2 aromatic rings. The average molecular weight is 364 g/mol. The first kappa shape index (κ1) is 19.3. The van der Waals surface area contributed by atoms with Crippen LogP contribution in [0, 0.1) is 6.92 Å². The van der Waals surface area contributed by atoms with Crippen molar-refractivity contribution in [3.63, 3.8) is 0 Å². The number of nitrogens with zero attached hydrogens (tertiary/aromatic N) is 1. The molecule has 142 valence electrons. The van der Waals surface area contributed by atoms with Crippen molar-refractivity contribution in [1.82, 2.24) is 4.98 Å². The van der Waals surface area contributed by atoms with Crippen LogP contribution in [-0.2, 0) is 10.8 Å². The van der Waals surface area contributed by atoms with Gasteiger partial charge in [0, 0.05) is 6.20 Å². The lowest BCUT2D eigenvalue weighted by molar-refractivity contribution is 0.0696. The van der Waals surface area contributed by atoms with Crippen LogP contribution in [0.5, 0.6) is 0 Å². The maximum absolute atomic E-state index is 11.0. The monoisotopic (exact) mass is 363 g/mol. The third kappa shape index (κ3) is 3.69. The van der Waals surface area contributed by atoms with E-state index in [0.29, 0.717) is 0 Å². The summed E-state index contributed by atoms with van der Waals surface area (Å²) in [6.07, 6.45) is 5.98. The molecule has 1 heterocycles. The molecule has 1 aromatic heterocycles. The lowest BCUT2D eigenvalue weighted by Crippen LogP contribution is -2.34. The van der Waals surface area contributed by atoms with Gasteiger partial charge in [-0.1, -0.05) is 39.8 Å². The van der Waals surface area contributed by atoms with Crippen LogP contribution in [0.15, 0.2) is 30.5 Å². The van der Waals surface area contributed by atoms with Gasteiger partial charge in [0.2, 0.25) is 0 Å². The van der Waals surface area contributed by atoms with Gasteiger partial charge in [0.1, 0.15) is 0 Å². The number of aromatic nitrogens is 1. The van der Waals surface area contributed by atoms with Crippen molar-refractivity contribution >= 4 is 17.6 Å². The lowest BCUT2D eigenvalue weighted by Gasteiger charge is -2.42. The Morgan fingerprint density at radius 2 is 1.67 bits per heavy atom. The molecule has 1 aliphatic carbocycles. The molecule has 0 saturated heterocycles. The molecule has 1 aliphatic rings. The van der Waals surface area contributed by atoms with Gasteiger partial charge in [-0.25, -0.2) is 4.79 Å². The SMILES string of the molecule is C/C(=C\c1cc2c(cc1C)C(C)(C)CCC2(C)C)c1ccc(C(=O)O)cn1. The second-order valence-electron chi connectivity index (χ2n) is 9.09. The highest BCUT2D eigenvalue weighted by atomic mass is 16.4. The first-order chi connectivity index (χ1) is 12.5. The predicted octanol–water partition coefficient (Wildman–Crippen LogP) is 6.00. The molecule has 0 aliphatic heterocycles. The summed E-state index contributed by atoms with van der Waals surface area (Å²) >= 11 is 0. The van der Waals surface area contributed by atoms with Gasteiger partial charge in [-0.15, -0.1) is 0 Å². The summed E-state index contributed by atoms with van der Waals surface area (Å²) in [4.78, 5) is 15.3. The van der Waals surface area contributed by atoms with Crippen LogP contribution < -0.4 is 0 Å². The third-order valence-corrected chi connectivity index (χ3v) is 6.03. The molecule has 3 nitrogen and oxygen atoms in total. The molecule has 0 radical (unpaired) electrons. The summed E-state index contributed by atoms with van der Waals surface area (Å²) in [5.74, 6) is -0.953. The number of aryl methyl sites for hydroxylation is 1. The van der Waals surface area contributed by atoms with E-state index < -0.39 is 5.97 Å². The molecule has 1 N–H and O–H groups in total. The van der Waals surface area contributed by atoms with E-state index in [9.17, 15) is 4.79 Å². The smallest absolute Gasteiger partial charge is 0.337 e. The fraction of sp³-hybridized carbons (Fsp3) is 0.417. The number of benzene rings is 1. The molecule has 0 spiro atoms. The van der Waals surface area contributed by atoms with Crippen molar-refractivity contribution in [1.29, 1.82) is 0 Å². The number of fused-ring (bicyclic) bond motifs is 1. The van der Waals surface area contributed by atoms with E-state index in [4.69, 9.17) is 5.11 Å². The van der Waals surface area contributed by atoms with Gasteiger partial charge in [-0.2, -0.15) is 0 Å². The maximum atomic E-state index is 11.0. The van der Waals surface area contributed by atoms with Crippen LogP contribution in [0.3, 0.4) is 0 Å². The van der Waals surface area contributed by atoms with Gasteiger partial charge in [0.15, 0.2) is 0 Å². The zero-order chi connectivity index (χ0) is 20.0. The van der Waals surface area contributed by atoms with Gasteiger partial charge in [0.05, 0.1) is 11.3 Å². The molecule has 0 saturated carbocycles. The number of hydrogen-bond donors (Lipinski definition) is 1. The highest BCUT2D eigenvalue weighted by Gasteiger charge is 2.37. The molecule has 0 amide bonds. The second kappa shape index (κ2) is 6.63. The number of hydrogen-bond acceptors (Lipinski definition) is 2. The predicted molar refractivity (Wildman–Crippen MR) is 111 cm³/mol. The molecule has 0 atom stereocenters. The number of carboxylic acid groups (broad SMARTS) is 1. The molecule has 0 fully saturated rings. The van der Waals surface area contributed by atoms with Crippen molar-refractivity contribution in [2.45, 2.75) is 65.2 Å².